The number of aromatic nitrogens is 1. The van der Waals surface area contributed by atoms with Crippen LogP contribution in [-0.2, 0) is 11.2 Å². The number of aliphatic hydroxyl groups is 1. The molecule has 0 saturated carbocycles. The van der Waals surface area contributed by atoms with Crippen molar-refractivity contribution in [3.8, 4) is 10.8 Å². The van der Waals surface area contributed by atoms with Crippen LogP contribution in [-0.4, -0.2) is 29.1 Å². The lowest BCUT2D eigenvalue weighted by Crippen LogP contribution is -2.40. The summed E-state index contributed by atoms with van der Waals surface area (Å²) < 4.78 is 5.65. The summed E-state index contributed by atoms with van der Waals surface area (Å²) in [6, 6.07) is 3.88. The summed E-state index contributed by atoms with van der Waals surface area (Å²) in [6.45, 7) is 6.43. The zero-order valence-electron chi connectivity index (χ0n) is 13.9. The van der Waals surface area contributed by atoms with E-state index < -0.39 is 0 Å². The van der Waals surface area contributed by atoms with Crippen molar-refractivity contribution in [2.75, 3.05) is 13.2 Å². The zero-order chi connectivity index (χ0) is 16.9. The van der Waals surface area contributed by atoms with Crippen LogP contribution in [0.4, 0.5) is 0 Å². The fourth-order valence-electron chi connectivity index (χ4n) is 2.38. The molecule has 126 valence electrons. The second-order valence-corrected chi connectivity index (χ2v) is 6.77. The van der Waals surface area contributed by atoms with E-state index in [0.29, 0.717) is 23.9 Å². The van der Waals surface area contributed by atoms with E-state index in [9.17, 15) is 9.90 Å². The summed E-state index contributed by atoms with van der Waals surface area (Å²) in [4.78, 5) is 17.6. The molecule has 2 N–H and O–H groups in total. The molecule has 0 aliphatic carbocycles. The minimum Gasteiger partial charge on any atom is -0.440 e. The van der Waals surface area contributed by atoms with Gasteiger partial charge in [-0.25, -0.2) is 4.98 Å². The number of thiophene rings is 1. The molecule has 2 heterocycles. The number of nitrogens with zero attached hydrogens (tertiary/aromatic N) is 1. The van der Waals surface area contributed by atoms with Crippen molar-refractivity contribution in [1.29, 1.82) is 0 Å². The lowest BCUT2D eigenvalue weighted by Gasteiger charge is -2.29. The van der Waals surface area contributed by atoms with Crippen molar-refractivity contribution in [3.63, 3.8) is 0 Å². The number of oxazole rings is 1. The van der Waals surface area contributed by atoms with E-state index in [-0.39, 0.29) is 24.3 Å². The average molecular weight is 336 g/mol. The van der Waals surface area contributed by atoms with Crippen molar-refractivity contribution in [2.45, 2.75) is 40.0 Å². The molecule has 1 amide bonds. The fraction of sp³-hybridized carbons (Fsp3) is 0.529. The molecule has 2 aromatic rings. The first-order valence-corrected chi connectivity index (χ1v) is 8.79. The molecule has 2 aromatic heterocycles. The number of hydrogen-bond acceptors (Lipinski definition) is 5. The molecule has 0 radical (unpaired) electrons. The zero-order valence-corrected chi connectivity index (χ0v) is 14.7. The quantitative estimate of drug-likeness (QED) is 0.776. The Morgan fingerprint density at radius 1 is 1.43 bits per heavy atom. The standard InChI is InChI=1S/C17H24N2O3S/c1-4-17(5-2,11-20)10-18-15(21)9-13-12(3)22-16(19-13)14-7-6-8-23-14/h6-8,20H,4-5,9-11H2,1-3H3,(H,18,21). The highest BCUT2D eigenvalue weighted by Crippen LogP contribution is 2.26. The van der Waals surface area contributed by atoms with Gasteiger partial charge < -0.3 is 14.8 Å². The van der Waals surface area contributed by atoms with Gasteiger partial charge in [0.25, 0.3) is 0 Å². The third kappa shape index (κ3) is 4.20. The van der Waals surface area contributed by atoms with Gasteiger partial charge >= 0.3 is 0 Å². The molecule has 0 aliphatic rings. The average Bonchev–Trinajstić information content (AvgIpc) is 3.20. The Bertz CT molecular complexity index is 622. The SMILES string of the molecule is CCC(CC)(CO)CNC(=O)Cc1nc(-c2cccs2)oc1C. The van der Waals surface area contributed by atoms with Crippen molar-refractivity contribution in [1.82, 2.24) is 10.3 Å². The summed E-state index contributed by atoms with van der Waals surface area (Å²) in [5, 5.41) is 14.4. The number of amides is 1. The molecule has 0 spiro atoms. The Hall–Kier alpha value is -1.66. The van der Waals surface area contributed by atoms with Crippen LogP contribution in [0.3, 0.4) is 0 Å². The molecule has 23 heavy (non-hydrogen) atoms. The summed E-state index contributed by atoms with van der Waals surface area (Å²) in [7, 11) is 0. The summed E-state index contributed by atoms with van der Waals surface area (Å²) in [5.74, 6) is 1.13. The Kier molecular flexibility index (Phi) is 5.96. The van der Waals surface area contributed by atoms with Crippen molar-refractivity contribution in [2.24, 2.45) is 5.41 Å². The van der Waals surface area contributed by atoms with Gasteiger partial charge in [0.05, 0.1) is 23.6 Å². The third-order valence-corrected chi connectivity index (χ3v) is 5.31. The van der Waals surface area contributed by atoms with Gasteiger partial charge in [0.15, 0.2) is 0 Å². The smallest absolute Gasteiger partial charge is 0.236 e. The lowest BCUT2D eigenvalue weighted by atomic mass is 9.83. The fourth-order valence-corrected chi connectivity index (χ4v) is 3.03. The largest absolute Gasteiger partial charge is 0.440 e. The third-order valence-electron chi connectivity index (χ3n) is 4.45. The molecule has 2 rings (SSSR count). The van der Waals surface area contributed by atoms with Crippen LogP contribution < -0.4 is 5.32 Å². The molecule has 0 atom stereocenters. The van der Waals surface area contributed by atoms with Crippen molar-refractivity contribution >= 4 is 17.2 Å². The second-order valence-electron chi connectivity index (χ2n) is 5.82. The second kappa shape index (κ2) is 7.75. The van der Waals surface area contributed by atoms with E-state index in [0.717, 1.165) is 17.7 Å². The number of aryl methyl sites for hydroxylation is 1. The highest BCUT2D eigenvalue weighted by molar-refractivity contribution is 7.13. The van der Waals surface area contributed by atoms with Gasteiger partial charge in [-0.05, 0) is 31.2 Å². The van der Waals surface area contributed by atoms with E-state index >= 15 is 0 Å². The van der Waals surface area contributed by atoms with Crippen LogP contribution in [0.15, 0.2) is 21.9 Å². The number of carbonyl (C=O) groups excluding carboxylic acids is 1. The molecular formula is C17H24N2O3S. The maximum absolute atomic E-state index is 12.2. The van der Waals surface area contributed by atoms with Gasteiger partial charge in [-0.3, -0.25) is 4.79 Å². The molecule has 0 unspecified atom stereocenters. The molecule has 6 heteroatoms. The maximum Gasteiger partial charge on any atom is 0.236 e. The van der Waals surface area contributed by atoms with Crippen molar-refractivity contribution < 1.29 is 14.3 Å². The van der Waals surface area contributed by atoms with Crippen LogP contribution >= 0.6 is 11.3 Å². The van der Waals surface area contributed by atoms with Gasteiger partial charge in [0, 0.05) is 12.0 Å². The molecule has 0 fully saturated rings. The summed E-state index contributed by atoms with van der Waals surface area (Å²) >= 11 is 1.55. The molecular weight excluding hydrogens is 312 g/mol. The number of carbonyl (C=O) groups is 1. The van der Waals surface area contributed by atoms with Gasteiger partial charge in [-0.2, -0.15) is 0 Å². The molecule has 0 aliphatic heterocycles. The maximum atomic E-state index is 12.2. The molecule has 0 bridgehead atoms. The first-order chi connectivity index (χ1) is 11.0. The normalized spacial score (nSPS) is 11.7. The minimum absolute atomic E-state index is 0.0752. The first kappa shape index (κ1) is 17.7. The van der Waals surface area contributed by atoms with Crippen LogP contribution in [0.25, 0.3) is 10.8 Å². The Balaban J connectivity index is 1.98. The van der Waals surface area contributed by atoms with Gasteiger partial charge in [-0.1, -0.05) is 19.9 Å². The van der Waals surface area contributed by atoms with Crippen LogP contribution in [0.2, 0.25) is 0 Å². The van der Waals surface area contributed by atoms with Crippen LogP contribution in [0.1, 0.15) is 38.1 Å². The molecule has 5 nitrogen and oxygen atoms in total. The lowest BCUT2D eigenvalue weighted by molar-refractivity contribution is -0.121. The number of rotatable bonds is 8. The number of hydrogen-bond donors (Lipinski definition) is 2. The Morgan fingerprint density at radius 3 is 2.74 bits per heavy atom. The first-order valence-electron chi connectivity index (χ1n) is 7.91. The summed E-state index contributed by atoms with van der Waals surface area (Å²) in [5.41, 5.74) is 0.421. The van der Waals surface area contributed by atoms with E-state index in [1.165, 1.54) is 0 Å². The molecule has 0 aromatic carbocycles. The van der Waals surface area contributed by atoms with Gasteiger partial charge in [-0.15, -0.1) is 11.3 Å². The van der Waals surface area contributed by atoms with E-state index in [1.54, 1.807) is 11.3 Å². The number of nitrogens with one attached hydrogen (secondary N) is 1. The Morgan fingerprint density at radius 2 is 2.17 bits per heavy atom. The number of aliphatic hydroxyl groups excluding tert-OH is 1. The van der Waals surface area contributed by atoms with Gasteiger partial charge in [0.1, 0.15) is 5.76 Å². The van der Waals surface area contributed by atoms with E-state index in [2.05, 4.69) is 10.3 Å². The monoisotopic (exact) mass is 336 g/mol. The van der Waals surface area contributed by atoms with Crippen molar-refractivity contribution in [3.05, 3.63) is 29.0 Å². The van der Waals surface area contributed by atoms with Crippen LogP contribution in [0.5, 0.6) is 0 Å². The van der Waals surface area contributed by atoms with Gasteiger partial charge in [0.2, 0.25) is 11.8 Å². The highest BCUT2D eigenvalue weighted by atomic mass is 32.1. The van der Waals surface area contributed by atoms with Crippen LogP contribution in [0, 0.1) is 12.3 Å². The highest BCUT2D eigenvalue weighted by Gasteiger charge is 2.26. The predicted octanol–water partition coefficient (Wildman–Crippen LogP) is 3.17. The molecule has 0 saturated heterocycles. The Labute approximate surface area is 140 Å². The van der Waals surface area contributed by atoms with E-state index in [1.807, 2.05) is 38.3 Å². The van der Waals surface area contributed by atoms with E-state index in [4.69, 9.17) is 4.42 Å². The topological polar surface area (TPSA) is 75.4 Å². The predicted molar refractivity (Wildman–Crippen MR) is 91.4 cm³/mol. The summed E-state index contributed by atoms with van der Waals surface area (Å²) in [6.07, 6.45) is 1.84. The minimum atomic E-state index is -0.239.